The van der Waals surface area contributed by atoms with Crippen LogP contribution in [0.1, 0.15) is 11.1 Å². The van der Waals surface area contributed by atoms with Crippen LogP contribution in [0, 0.1) is 5.82 Å². The van der Waals surface area contributed by atoms with Crippen molar-refractivity contribution in [2.45, 2.75) is 13.1 Å². The number of ether oxygens (including phenoxy) is 1. The minimum atomic E-state index is -3.59. The Bertz CT molecular complexity index is 1220. The molecule has 33 heavy (non-hydrogen) atoms. The maximum atomic E-state index is 13.1. The van der Waals surface area contributed by atoms with Crippen molar-refractivity contribution in [1.29, 1.82) is 0 Å². The zero-order chi connectivity index (χ0) is 24.0. The first-order chi connectivity index (χ1) is 15.6. The van der Waals surface area contributed by atoms with Crippen molar-refractivity contribution in [3.8, 4) is 5.75 Å². The maximum absolute atomic E-state index is 13.1. The van der Waals surface area contributed by atoms with Gasteiger partial charge in [-0.15, -0.1) is 0 Å². The number of anilines is 1. The molecule has 0 saturated carbocycles. The second-order valence-corrected chi connectivity index (χ2v) is 9.94. The molecule has 3 aromatic rings. The summed E-state index contributed by atoms with van der Waals surface area (Å²) in [7, 11) is -3.59. The van der Waals surface area contributed by atoms with Gasteiger partial charge < -0.3 is 10.1 Å². The highest BCUT2D eigenvalue weighted by Gasteiger charge is 2.18. The predicted molar refractivity (Wildman–Crippen MR) is 128 cm³/mol. The normalized spacial score (nSPS) is 11.2. The van der Waals surface area contributed by atoms with Crippen LogP contribution in [0.3, 0.4) is 0 Å². The van der Waals surface area contributed by atoms with Gasteiger partial charge in [0.1, 0.15) is 11.6 Å². The molecule has 6 nitrogen and oxygen atoms in total. The Morgan fingerprint density at radius 1 is 1.03 bits per heavy atom. The monoisotopic (exact) mass is 510 g/mol. The van der Waals surface area contributed by atoms with E-state index in [1.54, 1.807) is 42.5 Å². The summed E-state index contributed by atoms with van der Waals surface area (Å²) in [5.74, 6) is -0.348. The molecule has 0 aliphatic heterocycles. The summed E-state index contributed by atoms with van der Waals surface area (Å²) in [6, 6.07) is 16.9. The molecule has 10 heteroatoms. The number of benzene rings is 3. The summed E-state index contributed by atoms with van der Waals surface area (Å²) in [5, 5.41) is 3.67. The number of hydrogen-bond acceptors (Lipinski definition) is 4. The fraction of sp³-hybridized carbons (Fsp3) is 0.174. The van der Waals surface area contributed by atoms with Crippen LogP contribution in [-0.4, -0.2) is 27.2 Å². The van der Waals surface area contributed by atoms with Crippen molar-refractivity contribution in [1.82, 2.24) is 5.32 Å². The van der Waals surface area contributed by atoms with Gasteiger partial charge in [-0.05, 0) is 59.7 Å². The van der Waals surface area contributed by atoms with E-state index in [9.17, 15) is 17.6 Å². The summed E-state index contributed by atoms with van der Waals surface area (Å²) >= 11 is 11.9. The van der Waals surface area contributed by atoms with Crippen molar-refractivity contribution in [3.63, 3.8) is 0 Å². The van der Waals surface area contributed by atoms with E-state index in [0.29, 0.717) is 27.0 Å². The zero-order valence-corrected chi connectivity index (χ0v) is 19.9. The van der Waals surface area contributed by atoms with Gasteiger partial charge in [0.15, 0.2) is 6.61 Å². The SMILES string of the molecule is CS(=O)(=O)N(Cc1ccc(F)cc1)c1ccc(OCC(=O)NCc2ccc(Cl)cc2Cl)cc1. The Kier molecular flexibility index (Phi) is 8.18. The molecular formula is C23H21Cl2FN2O4S. The summed E-state index contributed by atoms with van der Waals surface area (Å²) in [6.45, 7) is 0.0503. The van der Waals surface area contributed by atoms with Crippen LogP contribution in [0.15, 0.2) is 66.7 Å². The molecule has 3 rings (SSSR count). The minimum absolute atomic E-state index is 0.0506. The highest BCUT2D eigenvalue weighted by atomic mass is 35.5. The third-order valence-corrected chi connectivity index (χ3v) is 6.35. The first-order valence-corrected chi connectivity index (χ1v) is 12.4. The van der Waals surface area contributed by atoms with Gasteiger partial charge in [0.05, 0.1) is 18.5 Å². The van der Waals surface area contributed by atoms with Crippen LogP contribution >= 0.6 is 23.2 Å². The molecule has 0 aliphatic rings. The van der Waals surface area contributed by atoms with Gasteiger partial charge in [-0.3, -0.25) is 9.10 Å². The second-order valence-electron chi connectivity index (χ2n) is 7.19. The van der Waals surface area contributed by atoms with Crippen molar-refractivity contribution < 1.29 is 22.3 Å². The number of rotatable bonds is 9. The third kappa shape index (κ3) is 7.35. The molecule has 0 aliphatic carbocycles. The number of carbonyl (C=O) groups is 1. The highest BCUT2D eigenvalue weighted by molar-refractivity contribution is 7.92. The summed E-state index contributed by atoms with van der Waals surface area (Å²) in [5.41, 5.74) is 1.77. The van der Waals surface area contributed by atoms with E-state index in [2.05, 4.69) is 5.32 Å². The Morgan fingerprint density at radius 2 is 1.70 bits per heavy atom. The molecule has 0 saturated heterocycles. The average molecular weight is 511 g/mol. The smallest absolute Gasteiger partial charge is 0.258 e. The molecule has 1 amide bonds. The van der Waals surface area contributed by atoms with Crippen LogP contribution in [0.4, 0.5) is 10.1 Å². The molecule has 0 atom stereocenters. The van der Waals surface area contributed by atoms with E-state index < -0.39 is 15.8 Å². The first kappa shape index (κ1) is 24.8. The highest BCUT2D eigenvalue weighted by Crippen LogP contribution is 2.24. The second kappa shape index (κ2) is 10.9. The minimum Gasteiger partial charge on any atom is -0.484 e. The quantitative estimate of drug-likeness (QED) is 0.448. The standard InChI is InChI=1S/C23H21Cl2FN2O4S/c1-33(30,31)28(14-16-2-6-19(26)7-3-16)20-8-10-21(11-9-20)32-15-23(29)27-13-17-4-5-18(24)12-22(17)25/h2-12H,13-15H2,1H3,(H,27,29). The molecular weight excluding hydrogens is 490 g/mol. The lowest BCUT2D eigenvalue weighted by Gasteiger charge is -2.22. The van der Waals surface area contributed by atoms with E-state index in [0.717, 1.165) is 11.8 Å². The van der Waals surface area contributed by atoms with Gasteiger partial charge in [-0.2, -0.15) is 0 Å². The molecule has 0 radical (unpaired) electrons. The lowest BCUT2D eigenvalue weighted by atomic mass is 10.2. The van der Waals surface area contributed by atoms with Gasteiger partial charge in [-0.1, -0.05) is 41.4 Å². The number of sulfonamides is 1. The van der Waals surface area contributed by atoms with Crippen LogP contribution in [0.2, 0.25) is 10.0 Å². The van der Waals surface area contributed by atoms with Crippen molar-refractivity contribution in [2.24, 2.45) is 0 Å². The van der Waals surface area contributed by atoms with E-state index in [-0.39, 0.29) is 25.6 Å². The van der Waals surface area contributed by atoms with Gasteiger partial charge in [0.2, 0.25) is 10.0 Å². The molecule has 0 fully saturated rings. The van der Waals surface area contributed by atoms with Crippen LogP contribution in [0.5, 0.6) is 5.75 Å². The van der Waals surface area contributed by atoms with Crippen LogP contribution < -0.4 is 14.4 Å². The number of halogens is 3. The fourth-order valence-electron chi connectivity index (χ4n) is 2.92. The zero-order valence-electron chi connectivity index (χ0n) is 17.6. The third-order valence-electron chi connectivity index (χ3n) is 4.63. The van der Waals surface area contributed by atoms with Gasteiger partial charge in [-0.25, -0.2) is 12.8 Å². The Balaban J connectivity index is 1.58. The lowest BCUT2D eigenvalue weighted by molar-refractivity contribution is -0.123. The molecule has 0 spiro atoms. The number of nitrogens with one attached hydrogen (secondary N) is 1. The van der Waals surface area contributed by atoms with Gasteiger partial charge >= 0.3 is 0 Å². The number of carbonyl (C=O) groups excluding carboxylic acids is 1. The van der Waals surface area contributed by atoms with E-state index >= 15 is 0 Å². The number of amides is 1. The first-order valence-electron chi connectivity index (χ1n) is 9.77. The van der Waals surface area contributed by atoms with E-state index in [1.165, 1.54) is 28.6 Å². The Morgan fingerprint density at radius 3 is 2.30 bits per heavy atom. The average Bonchev–Trinajstić information content (AvgIpc) is 2.76. The molecule has 3 aromatic carbocycles. The maximum Gasteiger partial charge on any atom is 0.258 e. The molecule has 0 bridgehead atoms. The molecule has 0 unspecified atom stereocenters. The Labute approximate surface area is 201 Å². The van der Waals surface area contributed by atoms with Gasteiger partial charge in [0.25, 0.3) is 5.91 Å². The molecule has 0 aromatic heterocycles. The van der Waals surface area contributed by atoms with Crippen molar-refractivity contribution >= 4 is 44.8 Å². The number of hydrogen-bond donors (Lipinski definition) is 1. The fourth-order valence-corrected chi connectivity index (χ4v) is 4.29. The topological polar surface area (TPSA) is 75.7 Å². The predicted octanol–water partition coefficient (Wildman–Crippen LogP) is 4.79. The Hall–Kier alpha value is -2.81. The largest absolute Gasteiger partial charge is 0.484 e. The van der Waals surface area contributed by atoms with Crippen molar-refractivity contribution in [3.05, 3.63) is 93.7 Å². The summed E-state index contributed by atoms with van der Waals surface area (Å²) in [6.07, 6.45) is 1.10. The van der Waals surface area contributed by atoms with E-state index in [1.807, 2.05) is 0 Å². The van der Waals surface area contributed by atoms with E-state index in [4.69, 9.17) is 27.9 Å². The molecule has 1 N–H and O–H groups in total. The summed E-state index contributed by atoms with van der Waals surface area (Å²) in [4.78, 5) is 12.1. The lowest BCUT2D eigenvalue weighted by Crippen LogP contribution is -2.29. The summed E-state index contributed by atoms with van der Waals surface area (Å²) < 4.78 is 44.4. The van der Waals surface area contributed by atoms with Crippen LogP contribution in [0.25, 0.3) is 0 Å². The molecule has 174 valence electrons. The van der Waals surface area contributed by atoms with Gasteiger partial charge in [0, 0.05) is 16.6 Å². The number of nitrogens with zero attached hydrogens (tertiary/aromatic N) is 1. The van der Waals surface area contributed by atoms with Crippen molar-refractivity contribution in [2.75, 3.05) is 17.2 Å². The van der Waals surface area contributed by atoms with Crippen LogP contribution in [-0.2, 0) is 27.9 Å². The molecule has 0 heterocycles.